The van der Waals surface area contributed by atoms with Crippen LogP contribution in [0.2, 0.25) is 0 Å². The molecule has 34 heavy (non-hydrogen) atoms. The highest BCUT2D eigenvalue weighted by atomic mass is 32.3. The Morgan fingerprint density at radius 3 is 1.35 bits per heavy atom. The van der Waals surface area contributed by atoms with E-state index in [1.165, 1.54) is 50.4 Å². The molecule has 1 heterocycles. The number of rotatable bonds is 6. The van der Waals surface area contributed by atoms with E-state index in [2.05, 4.69) is 126 Å². The molecule has 0 bridgehead atoms. The molecule has 0 spiro atoms. The third kappa shape index (κ3) is 5.49. The smallest absolute Gasteiger partial charge is 0.137 e. The minimum absolute atomic E-state index is 0.488. The van der Waals surface area contributed by atoms with Gasteiger partial charge in [0.25, 0.3) is 0 Å². The molecule has 0 N–H and O–H groups in total. The Hall–Kier alpha value is -1.91. The van der Waals surface area contributed by atoms with Crippen molar-refractivity contribution in [3.05, 3.63) is 81.5 Å². The average Bonchev–Trinajstić information content (AvgIpc) is 2.63. The van der Waals surface area contributed by atoms with Gasteiger partial charge in [0.1, 0.15) is 5.82 Å². The fraction of sp³-hybridized carbons (Fsp3) is 0.433. The number of nitrogens with zero attached hydrogens (tertiary/aromatic N) is 2. The van der Waals surface area contributed by atoms with Gasteiger partial charge in [-0.15, -0.1) is 0 Å². The Morgan fingerprint density at radius 1 is 0.618 bits per heavy atom. The van der Waals surface area contributed by atoms with E-state index in [4.69, 9.17) is 4.98 Å². The Labute approximate surface area is 211 Å². The first-order valence-electron chi connectivity index (χ1n) is 11.9. The zero-order chi connectivity index (χ0) is 25.6. The zero-order valence-corrected chi connectivity index (χ0v) is 25.0. The van der Waals surface area contributed by atoms with Crippen molar-refractivity contribution in [2.45, 2.75) is 46.1 Å². The molecule has 0 saturated heterocycles. The molecule has 2 nitrogen and oxygen atoms in total. The summed E-state index contributed by atoms with van der Waals surface area (Å²) >= 11 is 0. The molecule has 0 atom stereocenters. The zero-order valence-electron chi connectivity index (χ0n) is 23.3. The lowest BCUT2D eigenvalue weighted by atomic mass is 9.99. The molecule has 0 fully saturated rings. The van der Waals surface area contributed by atoms with E-state index in [-0.39, 0.29) is 0 Å². The van der Waals surface area contributed by atoms with E-state index in [0.717, 1.165) is 5.82 Å². The van der Waals surface area contributed by atoms with Gasteiger partial charge in [-0.1, -0.05) is 41.5 Å². The summed E-state index contributed by atoms with van der Waals surface area (Å²) in [6.45, 7) is 13.3. The van der Waals surface area contributed by atoms with Crippen LogP contribution in [-0.4, -0.2) is 42.5 Å². The fourth-order valence-corrected chi connectivity index (χ4v) is 14.3. The van der Waals surface area contributed by atoms with E-state index in [1.807, 2.05) is 0 Å². The molecule has 1 aromatic heterocycles. The van der Waals surface area contributed by atoms with Gasteiger partial charge in [-0.25, -0.2) is 25.0 Å². The first-order valence-corrected chi connectivity index (χ1v) is 17.7. The molecule has 3 aromatic rings. The number of aromatic nitrogens is 1. The monoisotopic (exact) mass is 496 g/mol. The van der Waals surface area contributed by atoms with Crippen LogP contribution in [0.5, 0.6) is 0 Å². The molecule has 4 heteroatoms. The topological polar surface area (TPSA) is 16.1 Å². The summed E-state index contributed by atoms with van der Waals surface area (Å²) in [4.78, 5) is 7.86. The minimum atomic E-state index is -0.835. The normalized spacial score (nSPS) is 13.3. The summed E-state index contributed by atoms with van der Waals surface area (Å²) < 4.78 is 0.488. The number of aryl methyl sites for hydroxylation is 6. The van der Waals surface area contributed by atoms with E-state index < -0.39 is 20.1 Å². The van der Waals surface area contributed by atoms with Crippen molar-refractivity contribution >= 4 is 37.2 Å². The lowest BCUT2D eigenvalue weighted by Gasteiger charge is -2.47. The fourth-order valence-electron chi connectivity index (χ4n) is 5.68. The van der Waals surface area contributed by atoms with Crippen molar-refractivity contribution in [3.8, 4) is 0 Å². The Bertz CT molecular complexity index is 1080. The summed E-state index contributed by atoms with van der Waals surface area (Å²) in [5, 5.41) is 0. The second kappa shape index (κ2) is 9.62. The summed E-state index contributed by atoms with van der Waals surface area (Å²) in [5.41, 5.74) is 11.4. The van der Waals surface area contributed by atoms with Crippen molar-refractivity contribution in [1.82, 2.24) is 4.98 Å². The molecule has 0 saturated carbocycles. The van der Waals surface area contributed by atoms with Crippen molar-refractivity contribution < 1.29 is 0 Å². The Kier molecular flexibility index (Phi) is 7.55. The predicted octanol–water partition coefficient (Wildman–Crippen LogP) is 8.79. The standard InChI is InChI=1S/C30H44N2S2/c1-20-16-22(3)28(23(4)17-20)32(29-24(5)18-21(2)19-25(29)6)27-15-13-14-26(31-27)30(33(7,8)9)34(10,11)12/h13-19,30H,1-12H3. The van der Waals surface area contributed by atoms with Gasteiger partial charge in [0.2, 0.25) is 0 Å². The number of hydrogen-bond acceptors (Lipinski definition) is 2. The van der Waals surface area contributed by atoms with Crippen molar-refractivity contribution in [2.75, 3.05) is 42.4 Å². The molecule has 0 aliphatic rings. The van der Waals surface area contributed by atoms with E-state index >= 15 is 0 Å². The first-order chi connectivity index (χ1) is 15.6. The number of anilines is 3. The molecular weight excluding hydrogens is 452 g/mol. The van der Waals surface area contributed by atoms with Crippen LogP contribution in [0.3, 0.4) is 0 Å². The predicted molar refractivity (Wildman–Crippen MR) is 161 cm³/mol. The second-order valence-corrected chi connectivity index (χ2v) is 20.4. The molecule has 2 aromatic carbocycles. The number of hydrogen-bond donors (Lipinski definition) is 0. The number of pyridine rings is 1. The van der Waals surface area contributed by atoms with Gasteiger partial charge in [-0.3, -0.25) is 4.90 Å². The van der Waals surface area contributed by atoms with Crippen molar-refractivity contribution in [3.63, 3.8) is 0 Å². The van der Waals surface area contributed by atoms with Gasteiger partial charge in [0.05, 0.1) is 21.7 Å². The first kappa shape index (κ1) is 26.7. The van der Waals surface area contributed by atoms with Crippen LogP contribution in [-0.2, 0) is 0 Å². The number of benzene rings is 2. The van der Waals surface area contributed by atoms with Crippen LogP contribution in [0.1, 0.15) is 43.7 Å². The van der Waals surface area contributed by atoms with Gasteiger partial charge >= 0.3 is 0 Å². The van der Waals surface area contributed by atoms with E-state index in [1.54, 1.807) is 0 Å². The molecule has 0 aliphatic heterocycles. The highest BCUT2D eigenvalue weighted by Crippen LogP contribution is 2.68. The maximum absolute atomic E-state index is 5.44. The van der Waals surface area contributed by atoms with E-state index in [0.29, 0.717) is 4.58 Å². The molecule has 0 radical (unpaired) electrons. The summed E-state index contributed by atoms with van der Waals surface area (Å²) in [6, 6.07) is 15.8. The SMILES string of the molecule is Cc1cc(C)c(N(c2cccc(C(S(C)(C)C)S(C)(C)C)n2)c2c(C)cc(C)cc2C)c(C)c1. The molecule has 186 valence electrons. The highest BCUT2D eigenvalue weighted by molar-refractivity contribution is 8.47. The highest BCUT2D eigenvalue weighted by Gasteiger charge is 2.32. The van der Waals surface area contributed by atoms with Gasteiger partial charge in [0.15, 0.2) is 0 Å². The van der Waals surface area contributed by atoms with Gasteiger partial charge in [-0.2, -0.15) is 0 Å². The van der Waals surface area contributed by atoms with Crippen molar-refractivity contribution in [2.24, 2.45) is 0 Å². The maximum Gasteiger partial charge on any atom is 0.137 e. The lowest BCUT2D eigenvalue weighted by Crippen LogP contribution is -2.20. The van der Waals surface area contributed by atoms with Crippen LogP contribution in [0.4, 0.5) is 17.2 Å². The maximum atomic E-state index is 5.44. The van der Waals surface area contributed by atoms with Crippen LogP contribution in [0.15, 0.2) is 42.5 Å². The average molecular weight is 497 g/mol. The molecule has 0 unspecified atom stereocenters. The summed E-state index contributed by atoms with van der Waals surface area (Å²) in [7, 11) is -1.67. The summed E-state index contributed by atoms with van der Waals surface area (Å²) in [5.74, 6) is 1.01. The molecule has 0 amide bonds. The van der Waals surface area contributed by atoms with E-state index in [9.17, 15) is 0 Å². The third-order valence-corrected chi connectivity index (χ3v) is 12.7. The van der Waals surface area contributed by atoms with Crippen LogP contribution in [0, 0.1) is 41.5 Å². The van der Waals surface area contributed by atoms with Crippen LogP contribution < -0.4 is 4.90 Å². The molecule has 3 rings (SSSR count). The summed E-state index contributed by atoms with van der Waals surface area (Å²) in [6.07, 6.45) is 14.6. The second-order valence-electron chi connectivity index (χ2n) is 11.4. The van der Waals surface area contributed by atoms with Crippen LogP contribution >= 0.6 is 20.1 Å². The quantitative estimate of drug-likeness (QED) is 0.339. The Balaban J connectivity index is 2.36. The molecular formula is C30H44N2S2. The van der Waals surface area contributed by atoms with Crippen molar-refractivity contribution in [1.29, 1.82) is 0 Å². The van der Waals surface area contributed by atoms with Gasteiger partial charge < -0.3 is 0 Å². The van der Waals surface area contributed by atoms with Gasteiger partial charge in [0, 0.05) is 0 Å². The lowest BCUT2D eigenvalue weighted by molar-refractivity contribution is 1.07. The third-order valence-electron chi connectivity index (χ3n) is 6.23. The Morgan fingerprint density at radius 2 is 1.00 bits per heavy atom. The molecule has 0 aliphatic carbocycles. The largest absolute Gasteiger partial charge is 0.294 e. The minimum Gasteiger partial charge on any atom is -0.294 e. The van der Waals surface area contributed by atoms with Gasteiger partial charge in [-0.05, 0) is 113 Å². The van der Waals surface area contributed by atoms with Crippen LogP contribution in [0.25, 0.3) is 0 Å².